The Bertz CT molecular complexity index is 903. The number of ether oxygens (including phenoxy) is 2. The van der Waals surface area contributed by atoms with E-state index in [1.165, 1.54) is 0 Å². The van der Waals surface area contributed by atoms with Gasteiger partial charge in [-0.1, -0.05) is 0 Å². The third-order valence-electron chi connectivity index (χ3n) is 3.88. The average Bonchev–Trinajstić information content (AvgIpc) is 2.60. The van der Waals surface area contributed by atoms with E-state index >= 15 is 0 Å². The van der Waals surface area contributed by atoms with Crippen molar-refractivity contribution in [3.63, 3.8) is 0 Å². The Morgan fingerprint density at radius 3 is 2.85 bits per heavy atom. The summed E-state index contributed by atoms with van der Waals surface area (Å²) in [6.45, 7) is 4.07. The van der Waals surface area contributed by atoms with Crippen LogP contribution in [-0.4, -0.2) is 64.6 Å². The van der Waals surface area contributed by atoms with Crippen molar-refractivity contribution >= 4 is 21.4 Å². The molecule has 0 spiro atoms. The number of anilines is 1. The maximum Gasteiger partial charge on any atom is 0.213 e. The Hall–Kier alpha value is -2.26. The van der Waals surface area contributed by atoms with E-state index in [-0.39, 0.29) is 6.04 Å². The minimum atomic E-state index is -2.35. The van der Waals surface area contributed by atoms with Crippen LogP contribution in [0.5, 0.6) is 5.88 Å². The van der Waals surface area contributed by atoms with Gasteiger partial charge in [0.15, 0.2) is 11.6 Å². The molecule has 0 N–H and O–H groups in total. The van der Waals surface area contributed by atoms with Crippen LogP contribution < -0.4 is 9.64 Å². The Morgan fingerprint density at radius 1 is 1.35 bits per heavy atom. The van der Waals surface area contributed by atoms with E-state index in [2.05, 4.69) is 26.2 Å². The van der Waals surface area contributed by atoms with E-state index < -0.39 is 9.73 Å². The lowest BCUT2D eigenvalue weighted by molar-refractivity contribution is 0.0985. The normalized spacial score (nSPS) is 17.8. The minimum absolute atomic E-state index is 0.180. The molecule has 0 bridgehead atoms. The molecule has 9 heteroatoms. The largest absolute Gasteiger partial charge is 0.481 e. The van der Waals surface area contributed by atoms with Crippen LogP contribution in [0.4, 0.5) is 11.6 Å². The highest BCUT2D eigenvalue weighted by Gasteiger charge is 2.22. The number of nitrogens with zero attached hydrogens (tertiary/aromatic N) is 5. The molecular formula is C17H23N5O3S. The summed E-state index contributed by atoms with van der Waals surface area (Å²) in [5, 5.41) is 0. The number of methoxy groups -OCH3 is 1. The van der Waals surface area contributed by atoms with E-state index in [9.17, 15) is 4.21 Å². The second-order valence-electron chi connectivity index (χ2n) is 6.38. The Morgan fingerprint density at radius 2 is 2.15 bits per heavy atom. The predicted octanol–water partition coefficient (Wildman–Crippen LogP) is 2.13. The maximum atomic E-state index is 12.2. The maximum absolute atomic E-state index is 12.2. The van der Waals surface area contributed by atoms with Gasteiger partial charge in [0.05, 0.1) is 26.4 Å². The molecule has 0 aromatic carbocycles. The first kappa shape index (κ1) is 18.5. The van der Waals surface area contributed by atoms with Crippen LogP contribution in [0.1, 0.15) is 6.92 Å². The fraction of sp³-hybridized carbons (Fsp3) is 0.471. The van der Waals surface area contributed by atoms with Gasteiger partial charge in [-0.15, -0.1) is 0 Å². The van der Waals surface area contributed by atoms with Gasteiger partial charge in [0.25, 0.3) is 0 Å². The van der Waals surface area contributed by atoms with Gasteiger partial charge in [0.1, 0.15) is 5.82 Å². The Kier molecular flexibility index (Phi) is 5.38. The van der Waals surface area contributed by atoms with E-state index in [4.69, 9.17) is 14.5 Å². The molecule has 1 aliphatic rings. The summed E-state index contributed by atoms with van der Waals surface area (Å²) < 4.78 is 27.1. The molecule has 0 radical (unpaired) electrons. The molecule has 1 fully saturated rings. The van der Waals surface area contributed by atoms with Crippen LogP contribution in [0.25, 0.3) is 11.4 Å². The molecule has 26 heavy (non-hydrogen) atoms. The quantitative estimate of drug-likeness (QED) is 0.806. The van der Waals surface area contributed by atoms with Crippen LogP contribution in [0.15, 0.2) is 28.8 Å². The van der Waals surface area contributed by atoms with Crippen LogP contribution >= 0.6 is 0 Å². The SMILES string of the molecule is COc1cc(-c2nc(N=S(C)(C)=O)cc(N3CCOC[C@H]3C)n2)ccn1. The van der Waals surface area contributed by atoms with Crippen molar-refractivity contribution in [3.05, 3.63) is 24.4 Å². The highest BCUT2D eigenvalue weighted by molar-refractivity contribution is 7.92. The number of pyridine rings is 1. The standard InChI is InChI=1S/C17H23N5O3S/c1-12-11-25-8-7-22(12)15-10-14(21-26(3,4)23)19-17(20-15)13-5-6-18-16(9-13)24-2/h5-6,9-10,12H,7-8,11H2,1-4H3/t12-/m1/s1. The van der Waals surface area contributed by atoms with Crippen molar-refractivity contribution in [2.75, 3.05) is 44.3 Å². The Labute approximate surface area is 153 Å². The van der Waals surface area contributed by atoms with Gasteiger partial charge in [0, 0.05) is 52.7 Å². The third kappa shape index (κ3) is 4.47. The first-order chi connectivity index (χ1) is 12.4. The fourth-order valence-corrected chi connectivity index (χ4v) is 3.24. The van der Waals surface area contributed by atoms with E-state index in [1.54, 1.807) is 38.0 Å². The van der Waals surface area contributed by atoms with Crippen LogP contribution in [0.2, 0.25) is 0 Å². The molecule has 1 saturated heterocycles. The summed E-state index contributed by atoms with van der Waals surface area (Å²) in [5.74, 6) is 2.10. The lowest BCUT2D eigenvalue weighted by Crippen LogP contribution is -2.44. The minimum Gasteiger partial charge on any atom is -0.481 e. The molecule has 1 atom stereocenters. The molecule has 1 aliphatic heterocycles. The molecule has 0 aliphatic carbocycles. The van der Waals surface area contributed by atoms with Crippen molar-refractivity contribution in [1.29, 1.82) is 0 Å². The van der Waals surface area contributed by atoms with E-state index in [1.807, 2.05) is 6.07 Å². The molecule has 3 rings (SSSR count). The molecule has 0 unspecified atom stereocenters. The van der Waals surface area contributed by atoms with Crippen molar-refractivity contribution in [1.82, 2.24) is 15.0 Å². The molecule has 3 heterocycles. The van der Waals surface area contributed by atoms with Gasteiger partial charge >= 0.3 is 0 Å². The van der Waals surface area contributed by atoms with Crippen molar-refractivity contribution < 1.29 is 13.7 Å². The van der Waals surface area contributed by atoms with Gasteiger partial charge in [0.2, 0.25) is 5.88 Å². The first-order valence-corrected chi connectivity index (χ1v) is 10.6. The van der Waals surface area contributed by atoms with Crippen molar-refractivity contribution in [2.45, 2.75) is 13.0 Å². The highest BCUT2D eigenvalue weighted by atomic mass is 32.2. The zero-order valence-corrected chi connectivity index (χ0v) is 16.2. The number of hydrogen-bond acceptors (Lipinski definition) is 8. The van der Waals surface area contributed by atoms with Crippen LogP contribution in [0, 0.1) is 0 Å². The third-order valence-corrected chi connectivity index (χ3v) is 4.50. The molecule has 2 aromatic rings. The van der Waals surface area contributed by atoms with Gasteiger partial charge in [-0.25, -0.2) is 19.2 Å². The molecular weight excluding hydrogens is 354 g/mol. The Balaban J connectivity index is 2.12. The topological polar surface area (TPSA) is 89.8 Å². The summed E-state index contributed by atoms with van der Waals surface area (Å²) in [6.07, 6.45) is 4.81. The first-order valence-electron chi connectivity index (χ1n) is 8.27. The predicted molar refractivity (Wildman–Crippen MR) is 102 cm³/mol. The van der Waals surface area contributed by atoms with Gasteiger partial charge in [-0.05, 0) is 13.0 Å². The molecule has 0 amide bonds. The van der Waals surface area contributed by atoms with Gasteiger partial charge < -0.3 is 14.4 Å². The number of aromatic nitrogens is 3. The monoisotopic (exact) mass is 377 g/mol. The number of morpholine rings is 1. The summed E-state index contributed by atoms with van der Waals surface area (Å²) in [5.41, 5.74) is 0.759. The fourth-order valence-electron chi connectivity index (χ4n) is 2.70. The van der Waals surface area contributed by atoms with E-state index in [0.717, 1.165) is 17.9 Å². The number of hydrogen-bond donors (Lipinski definition) is 0. The summed E-state index contributed by atoms with van der Waals surface area (Å²) in [4.78, 5) is 15.5. The summed E-state index contributed by atoms with van der Waals surface area (Å²) >= 11 is 0. The summed E-state index contributed by atoms with van der Waals surface area (Å²) in [6, 6.07) is 5.53. The molecule has 8 nitrogen and oxygen atoms in total. The summed E-state index contributed by atoms with van der Waals surface area (Å²) in [7, 11) is -0.787. The lowest BCUT2D eigenvalue weighted by atomic mass is 10.2. The van der Waals surface area contributed by atoms with Crippen molar-refractivity contribution in [3.8, 4) is 17.3 Å². The second kappa shape index (κ2) is 7.55. The molecule has 0 saturated carbocycles. The van der Waals surface area contributed by atoms with E-state index in [0.29, 0.717) is 30.7 Å². The van der Waals surface area contributed by atoms with Crippen LogP contribution in [-0.2, 0) is 14.5 Å². The second-order valence-corrected chi connectivity index (χ2v) is 8.93. The van der Waals surface area contributed by atoms with Crippen LogP contribution in [0.3, 0.4) is 0 Å². The zero-order chi connectivity index (χ0) is 18.7. The highest BCUT2D eigenvalue weighted by Crippen LogP contribution is 2.27. The number of rotatable bonds is 4. The van der Waals surface area contributed by atoms with Gasteiger partial charge in [-0.3, -0.25) is 0 Å². The molecule has 2 aromatic heterocycles. The lowest BCUT2D eigenvalue weighted by Gasteiger charge is -2.34. The van der Waals surface area contributed by atoms with Crippen molar-refractivity contribution in [2.24, 2.45) is 4.36 Å². The average molecular weight is 377 g/mol. The smallest absolute Gasteiger partial charge is 0.213 e. The molecule has 140 valence electrons. The zero-order valence-electron chi connectivity index (χ0n) is 15.4. The van der Waals surface area contributed by atoms with Gasteiger partial charge in [-0.2, -0.15) is 4.36 Å².